The van der Waals surface area contributed by atoms with E-state index in [1.165, 1.54) is 11.3 Å². The number of aliphatic hydroxyl groups is 1. The summed E-state index contributed by atoms with van der Waals surface area (Å²) in [6, 6.07) is 11.3. The molecule has 1 unspecified atom stereocenters. The number of nitriles is 1. The van der Waals surface area contributed by atoms with Gasteiger partial charge in [-0.3, -0.25) is 4.79 Å². The van der Waals surface area contributed by atoms with Crippen molar-refractivity contribution in [3.63, 3.8) is 0 Å². The third-order valence-corrected chi connectivity index (χ3v) is 5.15. The van der Waals surface area contributed by atoms with Gasteiger partial charge in [0.15, 0.2) is 0 Å². The highest BCUT2D eigenvalue weighted by atomic mass is 32.1. The normalized spacial score (nSPS) is 14.9. The van der Waals surface area contributed by atoms with Gasteiger partial charge in [0.1, 0.15) is 11.1 Å². The lowest BCUT2D eigenvalue weighted by Gasteiger charge is -2.28. The summed E-state index contributed by atoms with van der Waals surface area (Å²) in [5.41, 5.74) is 8.14. The second kappa shape index (κ2) is 6.41. The van der Waals surface area contributed by atoms with Gasteiger partial charge in [0.25, 0.3) is 0 Å². The second-order valence-corrected chi connectivity index (χ2v) is 6.69. The molecule has 3 rings (SSSR count). The monoisotopic (exact) mass is 327 g/mol. The number of carbonyl (C=O) groups excluding carboxylic acids is 1. The van der Waals surface area contributed by atoms with Gasteiger partial charge in [-0.15, -0.1) is 11.3 Å². The average molecular weight is 327 g/mol. The highest BCUT2D eigenvalue weighted by Crippen LogP contribution is 2.35. The van der Waals surface area contributed by atoms with Crippen LogP contribution in [0.25, 0.3) is 0 Å². The SMILES string of the molecule is N#Cc1c(N)sc2c1CCN(C(=O)CC(O)c1ccccc1)C2. The first-order valence-electron chi connectivity index (χ1n) is 7.41. The predicted octanol–water partition coefficient (Wildman–Crippen LogP) is 2.21. The lowest BCUT2D eigenvalue weighted by molar-refractivity contribution is -0.134. The topological polar surface area (TPSA) is 90.4 Å². The number of nitrogens with two attached hydrogens (primary N) is 1. The van der Waals surface area contributed by atoms with Gasteiger partial charge in [0.2, 0.25) is 5.91 Å². The zero-order valence-electron chi connectivity index (χ0n) is 12.5. The molecular weight excluding hydrogens is 310 g/mol. The van der Waals surface area contributed by atoms with Gasteiger partial charge in [-0.25, -0.2) is 0 Å². The zero-order valence-corrected chi connectivity index (χ0v) is 13.3. The molecule has 0 aliphatic carbocycles. The van der Waals surface area contributed by atoms with Gasteiger partial charge in [-0.05, 0) is 17.5 Å². The molecule has 0 radical (unpaired) electrons. The molecule has 0 saturated heterocycles. The third-order valence-electron chi connectivity index (χ3n) is 4.10. The number of fused-ring (bicyclic) bond motifs is 1. The molecule has 1 aliphatic rings. The number of amides is 1. The van der Waals surface area contributed by atoms with Crippen molar-refractivity contribution in [2.24, 2.45) is 0 Å². The molecule has 118 valence electrons. The van der Waals surface area contributed by atoms with E-state index in [9.17, 15) is 9.90 Å². The fourth-order valence-corrected chi connectivity index (χ4v) is 3.93. The number of hydrogen-bond acceptors (Lipinski definition) is 5. The van der Waals surface area contributed by atoms with E-state index in [1.807, 2.05) is 30.3 Å². The molecule has 3 N–H and O–H groups in total. The van der Waals surface area contributed by atoms with Crippen LogP contribution in [0.4, 0.5) is 5.00 Å². The Kier molecular flexibility index (Phi) is 4.33. The van der Waals surface area contributed by atoms with Crippen molar-refractivity contribution in [1.82, 2.24) is 4.90 Å². The number of hydrogen-bond donors (Lipinski definition) is 2. The van der Waals surface area contributed by atoms with Crippen molar-refractivity contribution < 1.29 is 9.90 Å². The van der Waals surface area contributed by atoms with Crippen molar-refractivity contribution in [2.75, 3.05) is 12.3 Å². The fraction of sp³-hybridized carbons (Fsp3) is 0.294. The van der Waals surface area contributed by atoms with E-state index in [-0.39, 0.29) is 12.3 Å². The lowest BCUT2D eigenvalue weighted by atomic mass is 10.0. The number of aliphatic hydroxyl groups excluding tert-OH is 1. The van der Waals surface area contributed by atoms with Crippen molar-refractivity contribution >= 4 is 22.2 Å². The molecule has 1 atom stereocenters. The number of carbonyl (C=O) groups is 1. The van der Waals surface area contributed by atoms with Crippen LogP contribution in [-0.4, -0.2) is 22.5 Å². The van der Waals surface area contributed by atoms with E-state index >= 15 is 0 Å². The molecule has 1 aromatic heterocycles. The summed E-state index contributed by atoms with van der Waals surface area (Å²) < 4.78 is 0. The van der Waals surface area contributed by atoms with E-state index in [2.05, 4.69) is 6.07 Å². The Balaban J connectivity index is 1.69. The molecule has 0 bridgehead atoms. The van der Waals surface area contributed by atoms with Gasteiger partial charge in [-0.2, -0.15) is 5.26 Å². The summed E-state index contributed by atoms with van der Waals surface area (Å²) in [5, 5.41) is 19.9. The van der Waals surface area contributed by atoms with Gasteiger partial charge >= 0.3 is 0 Å². The minimum atomic E-state index is -0.798. The Morgan fingerprint density at radius 3 is 2.87 bits per heavy atom. The maximum Gasteiger partial charge on any atom is 0.225 e. The molecule has 0 saturated carbocycles. The lowest BCUT2D eigenvalue weighted by Crippen LogP contribution is -2.36. The molecular formula is C17H17N3O2S. The summed E-state index contributed by atoms with van der Waals surface area (Å²) in [5.74, 6) is -0.0857. The van der Waals surface area contributed by atoms with Crippen molar-refractivity contribution in [1.29, 1.82) is 5.26 Å². The second-order valence-electron chi connectivity index (χ2n) is 5.55. The highest BCUT2D eigenvalue weighted by molar-refractivity contribution is 7.16. The van der Waals surface area contributed by atoms with Gasteiger partial charge in [0.05, 0.1) is 24.6 Å². The first-order chi connectivity index (χ1) is 11.1. The van der Waals surface area contributed by atoms with E-state index in [0.29, 0.717) is 30.1 Å². The first-order valence-corrected chi connectivity index (χ1v) is 8.22. The first kappa shape index (κ1) is 15.5. The van der Waals surface area contributed by atoms with Crippen LogP contribution in [0.5, 0.6) is 0 Å². The van der Waals surface area contributed by atoms with E-state index in [0.717, 1.165) is 16.0 Å². The maximum atomic E-state index is 12.4. The standard InChI is InChI=1S/C17H17N3O2S/c18-9-13-12-6-7-20(10-15(12)23-17(13)19)16(22)8-14(21)11-4-2-1-3-5-11/h1-5,14,21H,6-8,10,19H2. The number of nitrogen functional groups attached to an aromatic ring is 1. The van der Waals surface area contributed by atoms with E-state index < -0.39 is 6.10 Å². The van der Waals surface area contributed by atoms with Crippen LogP contribution >= 0.6 is 11.3 Å². The molecule has 0 fully saturated rings. The molecule has 2 aromatic rings. The Morgan fingerprint density at radius 1 is 1.43 bits per heavy atom. The number of rotatable bonds is 3. The summed E-state index contributed by atoms with van der Waals surface area (Å²) in [6.07, 6.45) is -0.0992. The van der Waals surface area contributed by atoms with E-state index in [4.69, 9.17) is 11.0 Å². The van der Waals surface area contributed by atoms with Gasteiger partial charge in [-0.1, -0.05) is 30.3 Å². The molecule has 1 aliphatic heterocycles. The smallest absolute Gasteiger partial charge is 0.225 e. The Morgan fingerprint density at radius 2 is 2.17 bits per heavy atom. The minimum absolute atomic E-state index is 0.0608. The van der Waals surface area contributed by atoms with Crippen molar-refractivity contribution in [3.05, 3.63) is 51.9 Å². The molecule has 5 nitrogen and oxygen atoms in total. The van der Waals surface area contributed by atoms with Crippen LogP contribution in [0.15, 0.2) is 30.3 Å². The van der Waals surface area contributed by atoms with Crippen molar-refractivity contribution in [2.45, 2.75) is 25.5 Å². The minimum Gasteiger partial charge on any atom is -0.389 e. The van der Waals surface area contributed by atoms with Crippen LogP contribution < -0.4 is 5.73 Å². The number of anilines is 1. The van der Waals surface area contributed by atoms with Gasteiger partial charge in [0, 0.05) is 11.4 Å². The Hall–Kier alpha value is -2.36. The Labute approximate surface area is 138 Å². The van der Waals surface area contributed by atoms with Crippen LogP contribution in [0.1, 0.15) is 34.1 Å². The molecule has 1 amide bonds. The van der Waals surface area contributed by atoms with E-state index in [1.54, 1.807) is 4.90 Å². The van der Waals surface area contributed by atoms with Crippen LogP contribution in [-0.2, 0) is 17.8 Å². The van der Waals surface area contributed by atoms with Crippen LogP contribution in [0.3, 0.4) is 0 Å². The third kappa shape index (κ3) is 3.07. The number of thiophene rings is 1. The molecule has 1 aromatic carbocycles. The Bertz CT molecular complexity index is 764. The summed E-state index contributed by atoms with van der Waals surface area (Å²) in [6.45, 7) is 1.02. The zero-order chi connectivity index (χ0) is 16.4. The number of nitrogens with zero attached hydrogens (tertiary/aromatic N) is 2. The fourth-order valence-electron chi connectivity index (χ4n) is 2.85. The van der Waals surface area contributed by atoms with Crippen LogP contribution in [0.2, 0.25) is 0 Å². The maximum absolute atomic E-state index is 12.4. The molecule has 2 heterocycles. The molecule has 6 heteroatoms. The number of benzene rings is 1. The molecule has 23 heavy (non-hydrogen) atoms. The average Bonchev–Trinajstić information content (AvgIpc) is 2.89. The summed E-state index contributed by atoms with van der Waals surface area (Å²) in [4.78, 5) is 15.1. The van der Waals surface area contributed by atoms with Crippen molar-refractivity contribution in [3.8, 4) is 6.07 Å². The quantitative estimate of drug-likeness (QED) is 0.904. The largest absolute Gasteiger partial charge is 0.389 e. The van der Waals surface area contributed by atoms with Gasteiger partial charge < -0.3 is 15.7 Å². The summed E-state index contributed by atoms with van der Waals surface area (Å²) >= 11 is 1.38. The van der Waals surface area contributed by atoms with Crippen LogP contribution in [0, 0.1) is 11.3 Å². The molecule has 0 spiro atoms. The predicted molar refractivity (Wildman–Crippen MR) is 88.6 cm³/mol. The summed E-state index contributed by atoms with van der Waals surface area (Å²) in [7, 11) is 0. The highest BCUT2D eigenvalue weighted by Gasteiger charge is 2.27.